The number of nitrogens with zero attached hydrogens (tertiary/aromatic N) is 4. The largest absolute Gasteiger partial charge is 0.508 e. The second-order valence-electron chi connectivity index (χ2n) is 7.89. The summed E-state index contributed by atoms with van der Waals surface area (Å²) in [4.78, 5) is 8.93. The van der Waals surface area contributed by atoms with Gasteiger partial charge in [0.15, 0.2) is 21.3 Å². The lowest BCUT2D eigenvalue weighted by atomic mass is 10.1. The van der Waals surface area contributed by atoms with Crippen LogP contribution in [0.4, 0.5) is 5.82 Å². The number of anilines is 1. The van der Waals surface area contributed by atoms with E-state index in [1.807, 2.05) is 0 Å². The van der Waals surface area contributed by atoms with E-state index in [4.69, 9.17) is 10.2 Å². The van der Waals surface area contributed by atoms with Crippen molar-refractivity contribution in [1.82, 2.24) is 25.5 Å². The summed E-state index contributed by atoms with van der Waals surface area (Å²) < 4.78 is 30.5. The molecule has 2 aromatic heterocycles. The molecule has 10 nitrogen and oxygen atoms in total. The van der Waals surface area contributed by atoms with E-state index in [1.165, 1.54) is 18.3 Å². The van der Waals surface area contributed by atoms with Crippen LogP contribution >= 0.6 is 0 Å². The van der Waals surface area contributed by atoms with Crippen LogP contribution in [0.5, 0.6) is 5.75 Å². The average Bonchev–Trinajstić information content (AvgIpc) is 3.31. The van der Waals surface area contributed by atoms with Gasteiger partial charge in [0.1, 0.15) is 5.75 Å². The highest BCUT2D eigenvalue weighted by atomic mass is 32.2. The Kier molecular flexibility index (Phi) is 6.31. The third-order valence-corrected chi connectivity index (χ3v) is 7.40. The molecule has 4 rings (SSSR count). The standard InChI is InChI=1S/C23H24N6O4S/c1-13(2)34(31,32)17-8-6-14(7-9-17)18-12-26-21(24)20(27-18)23-29-28-22(33-23)15-4-5-16(11-25-3)19(30)10-15/h4-10,12-13,25,30H,11H2,1-3H3,(H2,24,26). The first-order valence-electron chi connectivity index (χ1n) is 10.5. The van der Waals surface area contributed by atoms with E-state index in [2.05, 4.69) is 25.5 Å². The van der Waals surface area contributed by atoms with Gasteiger partial charge >= 0.3 is 0 Å². The van der Waals surface area contributed by atoms with Crippen LogP contribution < -0.4 is 11.1 Å². The smallest absolute Gasteiger partial charge is 0.270 e. The number of aromatic hydroxyl groups is 1. The molecule has 11 heteroatoms. The van der Waals surface area contributed by atoms with Crippen molar-refractivity contribution in [2.24, 2.45) is 0 Å². The van der Waals surface area contributed by atoms with Crippen LogP contribution in [0.15, 0.2) is 58.0 Å². The maximum atomic E-state index is 12.4. The Labute approximate surface area is 196 Å². The maximum Gasteiger partial charge on any atom is 0.270 e. The third kappa shape index (κ3) is 4.47. The van der Waals surface area contributed by atoms with E-state index in [0.29, 0.717) is 23.4 Å². The zero-order valence-corrected chi connectivity index (χ0v) is 19.7. The Balaban J connectivity index is 1.65. The van der Waals surface area contributed by atoms with Gasteiger partial charge in [0.25, 0.3) is 5.89 Å². The van der Waals surface area contributed by atoms with Crippen LogP contribution in [-0.2, 0) is 16.4 Å². The van der Waals surface area contributed by atoms with Gasteiger partial charge < -0.3 is 20.6 Å². The van der Waals surface area contributed by atoms with Gasteiger partial charge in [0.05, 0.1) is 22.0 Å². The summed E-state index contributed by atoms with van der Waals surface area (Å²) in [5, 5.41) is 20.7. The summed E-state index contributed by atoms with van der Waals surface area (Å²) >= 11 is 0. The van der Waals surface area contributed by atoms with Crippen molar-refractivity contribution in [1.29, 1.82) is 0 Å². The number of nitrogens with one attached hydrogen (secondary N) is 1. The fourth-order valence-corrected chi connectivity index (χ4v) is 4.31. The van der Waals surface area contributed by atoms with Gasteiger partial charge in [-0.3, -0.25) is 0 Å². The number of phenolic OH excluding ortho intramolecular Hbond substituents is 1. The van der Waals surface area contributed by atoms with Gasteiger partial charge in [-0.15, -0.1) is 10.2 Å². The molecule has 4 N–H and O–H groups in total. The van der Waals surface area contributed by atoms with Crippen LogP contribution in [-0.4, -0.2) is 46.0 Å². The van der Waals surface area contributed by atoms with Crippen LogP contribution in [0.1, 0.15) is 19.4 Å². The fourth-order valence-electron chi connectivity index (χ4n) is 3.25. The van der Waals surface area contributed by atoms with Crippen molar-refractivity contribution in [2.45, 2.75) is 30.5 Å². The summed E-state index contributed by atoms with van der Waals surface area (Å²) in [7, 11) is -1.59. The Morgan fingerprint density at radius 2 is 1.74 bits per heavy atom. The van der Waals surface area contributed by atoms with Gasteiger partial charge in [-0.25, -0.2) is 18.4 Å². The fraction of sp³-hybridized carbons (Fsp3) is 0.217. The number of nitrogens with two attached hydrogens (primary N) is 1. The normalized spacial score (nSPS) is 11.8. The SMILES string of the molecule is CNCc1ccc(-c2nnc(-c3nc(-c4ccc(S(=O)(=O)C(C)C)cc4)cnc3N)o2)cc1O. The molecule has 2 heterocycles. The van der Waals surface area contributed by atoms with E-state index < -0.39 is 15.1 Å². The lowest BCUT2D eigenvalue weighted by molar-refractivity contribution is 0.466. The predicted molar refractivity (Wildman–Crippen MR) is 127 cm³/mol. The van der Waals surface area contributed by atoms with Crippen molar-refractivity contribution >= 4 is 15.7 Å². The zero-order chi connectivity index (χ0) is 24.5. The molecular formula is C23H24N6O4S. The van der Waals surface area contributed by atoms with Gasteiger partial charge in [0, 0.05) is 23.2 Å². The molecule has 4 aromatic rings. The first kappa shape index (κ1) is 23.3. The number of rotatable bonds is 7. The molecule has 2 aromatic carbocycles. The molecule has 0 fully saturated rings. The highest BCUT2D eigenvalue weighted by Gasteiger charge is 2.20. The van der Waals surface area contributed by atoms with Crippen LogP contribution in [0, 0.1) is 0 Å². The Bertz CT molecular complexity index is 1430. The van der Waals surface area contributed by atoms with Crippen molar-refractivity contribution in [3.8, 4) is 40.0 Å². The maximum absolute atomic E-state index is 12.4. The summed E-state index contributed by atoms with van der Waals surface area (Å²) in [6, 6.07) is 11.5. The van der Waals surface area contributed by atoms with Gasteiger partial charge in [0.2, 0.25) is 5.89 Å². The molecule has 0 amide bonds. The quantitative estimate of drug-likeness (QED) is 0.359. The molecule has 0 aliphatic rings. The summed E-state index contributed by atoms with van der Waals surface area (Å²) in [5.74, 6) is 0.469. The van der Waals surface area contributed by atoms with Crippen LogP contribution in [0.3, 0.4) is 0 Å². The topological polar surface area (TPSA) is 157 Å². The number of phenols is 1. The number of hydrogen-bond donors (Lipinski definition) is 3. The van der Waals surface area contributed by atoms with Crippen molar-refractivity contribution in [2.75, 3.05) is 12.8 Å². The number of hydrogen-bond acceptors (Lipinski definition) is 10. The van der Waals surface area contributed by atoms with E-state index in [0.717, 1.165) is 5.56 Å². The molecule has 0 saturated carbocycles. The van der Waals surface area contributed by atoms with E-state index in [1.54, 1.807) is 51.2 Å². The third-order valence-electron chi connectivity index (χ3n) is 5.23. The summed E-state index contributed by atoms with van der Waals surface area (Å²) in [5.41, 5.74) is 8.61. The van der Waals surface area contributed by atoms with Crippen LogP contribution in [0.2, 0.25) is 0 Å². The molecule has 0 spiro atoms. The molecule has 34 heavy (non-hydrogen) atoms. The van der Waals surface area contributed by atoms with Crippen molar-refractivity contribution in [3.05, 3.63) is 54.2 Å². The highest BCUT2D eigenvalue weighted by molar-refractivity contribution is 7.92. The van der Waals surface area contributed by atoms with Gasteiger partial charge in [-0.2, -0.15) is 0 Å². The molecule has 0 saturated heterocycles. The first-order chi connectivity index (χ1) is 16.2. The minimum absolute atomic E-state index is 0.0691. The van der Waals surface area contributed by atoms with Gasteiger partial charge in [-0.05, 0) is 45.2 Å². The minimum Gasteiger partial charge on any atom is -0.508 e. The molecule has 0 bridgehead atoms. The minimum atomic E-state index is -3.38. The highest BCUT2D eigenvalue weighted by Crippen LogP contribution is 2.30. The summed E-state index contributed by atoms with van der Waals surface area (Å²) in [6.07, 6.45) is 1.49. The number of benzene rings is 2. The Hall–Kier alpha value is -3.83. The molecule has 0 radical (unpaired) electrons. The Morgan fingerprint density at radius 3 is 2.38 bits per heavy atom. The van der Waals surface area contributed by atoms with E-state index >= 15 is 0 Å². The monoisotopic (exact) mass is 480 g/mol. The van der Waals surface area contributed by atoms with E-state index in [-0.39, 0.29) is 33.9 Å². The Morgan fingerprint density at radius 1 is 1.06 bits per heavy atom. The number of nitrogen functional groups attached to an aromatic ring is 1. The summed E-state index contributed by atoms with van der Waals surface area (Å²) in [6.45, 7) is 3.79. The second kappa shape index (κ2) is 9.20. The van der Waals surface area contributed by atoms with Crippen LogP contribution in [0.25, 0.3) is 34.3 Å². The number of aromatic nitrogens is 4. The van der Waals surface area contributed by atoms with Crippen molar-refractivity contribution in [3.63, 3.8) is 0 Å². The molecule has 0 atom stereocenters. The molecule has 176 valence electrons. The lowest BCUT2D eigenvalue weighted by Gasteiger charge is -2.09. The molecule has 0 unspecified atom stereocenters. The van der Waals surface area contributed by atoms with Crippen molar-refractivity contribution < 1.29 is 17.9 Å². The molecular weight excluding hydrogens is 456 g/mol. The predicted octanol–water partition coefficient (Wildman–Crippen LogP) is 3.05. The van der Waals surface area contributed by atoms with E-state index in [9.17, 15) is 13.5 Å². The second-order valence-corrected chi connectivity index (χ2v) is 10.4. The molecule has 0 aliphatic heterocycles. The first-order valence-corrected chi connectivity index (χ1v) is 12.0. The van der Waals surface area contributed by atoms with Gasteiger partial charge in [-0.1, -0.05) is 18.2 Å². The lowest BCUT2D eigenvalue weighted by Crippen LogP contribution is -2.13. The zero-order valence-electron chi connectivity index (χ0n) is 18.8. The average molecular weight is 481 g/mol. The molecule has 0 aliphatic carbocycles. The number of sulfone groups is 1.